The molecule has 0 amide bonds. The highest BCUT2D eigenvalue weighted by atomic mass is 19.1. The van der Waals surface area contributed by atoms with Crippen LogP contribution in [0.25, 0.3) is 0 Å². The van der Waals surface area contributed by atoms with Crippen molar-refractivity contribution in [3.8, 4) is 0 Å². The van der Waals surface area contributed by atoms with Crippen LogP contribution in [0.3, 0.4) is 0 Å². The van der Waals surface area contributed by atoms with E-state index in [-0.39, 0.29) is 5.82 Å². The topological polar surface area (TPSA) is 12.0 Å². The molecule has 2 heteroatoms. The lowest BCUT2D eigenvalue weighted by atomic mass is 9.85. The molecule has 1 aromatic rings. The second-order valence-corrected chi connectivity index (χ2v) is 6.08. The van der Waals surface area contributed by atoms with Gasteiger partial charge in [-0.1, -0.05) is 19.9 Å². The van der Waals surface area contributed by atoms with Crippen LogP contribution in [0.4, 0.5) is 4.39 Å². The van der Waals surface area contributed by atoms with Crippen LogP contribution in [-0.4, -0.2) is 12.6 Å². The average Bonchev–Trinajstić information content (AvgIpc) is 2.68. The highest BCUT2D eigenvalue weighted by molar-refractivity contribution is 5.36. The van der Waals surface area contributed by atoms with E-state index in [1.165, 1.54) is 6.42 Å². The van der Waals surface area contributed by atoms with Crippen molar-refractivity contribution in [2.75, 3.05) is 6.54 Å². The fourth-order valence-corrected chi connectivity index (χ4v) is 3.59. The summed E-state index contributed by atoms with van der Waals surface area (Å²) in [6.45, 7) is 9.53. The van der Waals surface area contributed by atoms with Crippen molar-refractivity contribution in [3.63, 3.8) is 0 Å². The second kappa shape index (κ2) is 6.04. The van der Waals surface area contributed by atoms with Crippen molar-refractivity contribution < 1.29 is 4.39 Å². The fourth-order valence-electron chi connectivity index (χ4n) is 3.59. The van der Waals surface area contributed by atoms with E-state index in [1.807, 2.05) is 13.8 Å². The predicted molar refractivity (Wildman–Crippen MR) is 79.1 cm³/mol. The van der Waals surface area contributed by atoms with E-state index in [2.05, 4.69) is 25.2 Å². The number of rotatable bonds is 4. The van der Waals surface area contributed by atoms with Gasteiger partial charge in [0.1, 0.15) is 5.82 Å². The predicted octanol–water partition coefficient (Wildman–Crippen LogP) is 4.32. The molecule has 1 N–H and O–H groups in total. The molecule has 106 valence electrons. The number of hydrogen-bond donors (Lipinski definition) is 1. The van der Waals surface area contributed by atoms with Gasteiger partial charge in [-0.25, -0.2) is 4.39 Å². The third kappa shape index (κ3) is 3.00. The average molecular weight is 263 g/mol. The molecule has 1 nitrogen and oxygen atoms in total. The summed E-state index contributed by atoms with van der Waals surface area (Å²) >= 11 is 0. The summed E-state index contributed by atoms with van der Waals surface area (Å²) in [5.74, 6) is 0.878. The van der Waals surface area contributed by atoms with Gasteiger partial charge >= 0.3 is 0 Å². The first-order valence-corrected chi connectivity index (χ1v) is 7.54. The van der Waals surface area contributed by atoms with E-state index < -0.39 is 0 Å². The van der Waals surface area contributed by atoms with Crippen LogP contribution >= 0.6 is 0 Å². The summed E-state index contributed by atoms with van der Waals surface area (Å²) in [7, 11) is 0. The zero-order chi connectivity index (χ0) is 14.0. The highest BCUT2D eigenvalue weighted by Crippen LogP contribution is 2.42. The summed E-state index contributed by atoms with van der Waals surface area (Å²) < 4.78 is 14.3. The molecule has 19 heavy (non-hydrogen) atoms. The molecule has 1 aliphatic carbocycles. The molecule has 3 unspecified atom stereocenters. The Hall–Kier alpha value is -0.890. The third-order valence-corrected chi connectivity index (χ3v) is 4.57. The molecule has 0 spiro atoms. The normalized spacial score (nSPS) is 26.9. The van der Waals surface area contributed by atoms with Crippen LogP contribution in [-0.2, 0) is 0 Å². The van der Waals surface area contributed by atoms with Crippen molar-refractivity contribution in [2.24, 2.45) is 5.92 Å². The van der Waals surface area contributed by atoms with Crippen molar-refractivity contribution in [2.45, 2.75) is 58.9 Å². The maximum Gasteiger partial charge on any atom is 0.127 e. The van der Waals surface area contributed by atoms with Crippen molar-refractivity contribution in [1.29, 1.82) is 0 Å². The molecule has 1 fully saturated rings. The van der Waals surface area contributed by atoms with Gasteiger partial charge in [-0.2, -0.15) is 0 Å². The summed E-state index contributed by atoms with van der Waals surface area (Å²) in [5.41, 5.74) is 3.09. The highest BCUT2D eigenvalue weighted by Gasteiger charge is 2.35. The van der Waals surface area contributed by atoms with Gasteiger partial charge < -0.3 is 5.32 Å². The van der Waals surface area contributed by atoms with Crippen molar-refractivity contribution in [3.05, 3.63) is 34.6 Å². The van der Waals surface area contributed by atoms with Crippen molar-refractivity contribution >= 4 is 0 Å². The molecule has 0 radical (unpaired) electrons. The standard InChI is InChI=1S/C17H26FN/c1-5-8-19-16-7-6-14(13(16)4)17-12(3)9-11(2)10-15(17)18/h9-10,13-14,16,19H,5-8H2,1-4H3. The minimum Gasteiger partial charge on any atom is -0.314 e. The molecule has 3 atom stereocenters. The molecular formula is C17H26FN. The first-order valence-electron chi connectivity index (χ1n) is 7.54. The zero-order valence-corrected chi connectivity index (χ0v) is 12.6. The van der Waals surface area contributed by atoms with Crippen LogP contribution in [0.5, 0.6) is 0 Å². The van der Waals surface area contributed by atoms with Gasteiger partial charge in [0.2, 0.25) is 0 Å². The lowest BCUT2D eigenvalue weighted by Crippen LogP contribution is -2.33. The Balaban J connectivity index is 2.20. The third-order valence-electron chi connectivity index (χ3n) is 4.57. The van der Waals surface area contributed by atoms with Gasteiger partial charge in [0.05, 0.1) is 0 Å². The summed E-state index contributed by atoms with van der Waals surface area (Å²) in [4.78, 5) is 0. The maximum atomic E-state index is 14.3. The van der Waals surface area contributed by atoms with Crippen LogP contribution in [0, 0.1) is 25.6 Å². The Labute approximate surface area is 116 Å². The summed E-state index contributed by atoms with van der Waals surface area (Å²) in [6.07, 6.45) is 3.42. The van der Waals surface area contributed by atoms with Crippen LogP contribution in [0.15, 0.2) is 12.1 Å². The van der Waals surface area contributed by atoms with Gasteiger partial charge in [0.25, 0.3) is 0 Å². The number of aryl methyl sites for hydroxylation is 2. The van der Waals surface area contributed by atoms with Crippen LogP contribution in [0.2, 0.25) is 0 Å². The first kappa shape index (κ1) is 14.5. The fraction of sp³-hybridized carbons (Fsp3) is 0.647. The van der Waals surface area contributed by atoms with Crippen molar-refractivity contribution in [1.82, 2.24) is 5.32 Å². The molecule has 0 heterocycles. The van der Waals surface area contributed by atoms with E-state index in [0.29, 0.717) is 17.9 Å². The number of halogens is 1. The van der Waals surface area contributed by atoms with E-state index in [9.17, 15) is 4.39 Å². The molecule has 0 saturated heterocycles. The van der Waals surface area contributed by atoms with Gasteiger partial charge in [-0.15, -0.1) is 0 Å². The van der Waals surface area contributed by atoms with Gasteiger partial charge in [-0.05, 0) is 74.2 Å². The van der Waals surface area contributed by atoms with Crippen LogP contribution < -0.4 is 5.32 Å². The Morgan fingerprint density at radius 2 is 2.00 bits per heavy atom. The summed E-state index contributed by atoms with van der Waals surface area (Å²) in [5, 5.41) is 3.61. The monoisotopic (exact) mass is 263 g/mol. The van der Waals surface area contributed by atoms with E-state index in [0.717, 1.165) is 36.1 Å². The van der Waals surface area contributed by atoms with Gasteiger partial charge in [0, 0.05) is 6.04 Å². The van der Waals surface area contributed by atoms with Gasteiger partial charge in [-0.3, -0.25) is 0 Å². The smallest absolute Gasteiger partial charge is 0.127 e. The zero-order valence-electron chi connectivity index (χ0n) is 12.6. The number of nitrogens with one attached hydrogen (secondary N) is 1. The molecule has 1 aliphatic rings. The Kier molecular flexibility index (Phi) is 4.62. The number of hydrogen-bond acceptors (Lipinski definition) is 1. The molecule has 0 aromatic heterocycles. The molecule has 2 rings (SSSR count). The van der Waals surface area contributed by atoms with Gasteiger partial charge in [0.15, 0.2) is 0 Å². The Bertz CT molecular complexity index is 418. The first-order chi connectivity index (χ1) is 9.04. The molecule has 1 aromatic carbocycles. The molecule has 0 bridgehead atoms. The lowest BCUT2D eigenvalue weighted by Gasteiger charge is -2.24. The van der Waals surface area contributed by atoms with E-state index in [4.69, 9.17) is 0 Å². The molecule has 1 saturated carbocycles. The minimum atomic E-state index is -0.00880. The Morgan fingerprint density at radius 1 is 1.26 bits per heavy atom. The molecular weight excluding hydrogens is 237 g/mol. The Morgan fingerprint density at radius 3 is 2.63 bits per heavy atom. The van der Waals surface area contributed by atoms with E-state index >= 15 is 0 Å². The molecule has 0 aliphatic heterocycles. The number of benzene rings is 1. The largest absolute Gasteiger partial charge is 0.314 e. The van der Waals surface area contributed by atoms with E-state index in [1.54, 1.807) is 6.07 Å². The maximum absolute atomic E-state index is 14.3. The minimum absolute atomic E-state index is 0.00880. The second-order valence-electron chi connectivity index (χ2n) is 6.08. The lowest BCUT2D eigenvalue weighted by molar-refractivity contribution is 0.398. The SMILES string of the molecule is CCCNC1CCC(c2c(C)cc(C)cc2F)C1C. The summed E-state index contributed by atoms with van der Waals surface area (Å²) in [6, 6.07) is 4.34. The van der Waals surface area contributed by atoms with Crippen LogP contribution in [0.1, 0.15) is 55.7 Å². The quantitative estimate of drug-likeness (QED) is 0.853.